The molecule has 1 heterocycles. The molecule has 4 nitrogen and oxygen atoms in total. The number of halogens is 1. The van der Waals surface area contributed by atoms with Gasteiger partial charge in [-0.15, -0.1) is 0 Å². The van der Waals surface area contributed by atoms with Crippen LogP contribution >= 0.6 is 11.6 Å². The summed E-state index contributed by atoms with van der Waals surface area (Å²) in [4.78, 5) is 14.9. The van der Waals surface area contributed by atoms with Gasteiger partial charge < -0.3 is 15.0 Å². The number of amides is 1. The van der Waals surface area contributed by atoms with Crippen LogP contribution in [0, 0.1) is 0 Å². The minimum atomic E-state index is -0.129. The molecular formula is C24H23ClN2O2. The standard InChI is InChI=1S/C24H23ClN2O2/c1-29-23-13-14-27(16-23)22-11-9-21(10-12-22)26-24(28)18-7-5-17(6-8-18)19-3-2-4-20(25)15-19/h2-12,15,23H,13-14,16H2,1H3,(H,26,28). The molecule has 29 heavy (non-hydrogen) atoms. The molecule has 0 radical (unpaired) electrons. The van der Waals surface area contributed by atoms with Crippen LogP contribution in [-0.4, -0.2) is 32.2 Å². The van der Waals surface area contributed by atoms with Crippen LogP contribution in [0.25, 0.3) is 11.1 Å². The van der Waals surface area contributed by atoms with Crippen molar-refractivity contribution in [1.29, 1.82) is 0 Å². The van der Waals surface area contributed by atoms with Crippen LogP contribution in [0.2, 0.25) is 5.02 Å². The first-order valence-corrected chi connectivity index (χ1v) is 10.1. The summed E-state index contributed by atoms with van der Waals surface area (Å²) < 4.78 is 5.43. The van der Waals surface area contributed by atoms with Crippen molar-refractivity contribution in [2.45, 2.75) is 12.5 Å². The minimum Gasteiger partial charge on any atom is -0.380 e. The van der Waals surface area contributed by atoms with E-state index in [4.69, 9.17) is 16.3 Å². The SMILES string of the molecule is COC1CCN(c2ccc(NC(=O)c3ccc(-c4cccc(Cl)c4)cc3)cc2)C1. The second-order valence-electron chi connectivity index (χ2n) is 7.18. The molecule has 5 heteroatoms. The van der Waals surface area contributed by atoms with Gasteiger partial charge in [0.15, 0.2) is 0 Å². The predicted molar refractivity (Wildman–Crippen MR) is 119 cm³/mol. The second kappa shape index (κ2) is 8.68. The summed E-state index contributed by atoms with van der Waals surface area (Å²) in [7, 11) is 1.76. The zero-order valence-corrected chi connectivity index (χ0v) is 17.0. The van der Waals surface area contributed by atoms with Crippen LogP contribution in [0.15, 0.2) is 72.8 Å². The van der Waals surface area contributed by atoms with E-state index in [0.29, 0.717) is 16.7 Å². The maximum Gasteiger partial charge on any atom is 0.255 e. The van der Waals surface area contributed by atoms with E-state index in [2.05, 4.69) is 10.2 Å². The number of carbonyl (C=O) groups excluding carboxylic acids is 1. The molecule has 1 unspecified atom stereocenters. The minimum absolute atomic E-state index is 0.129. The molecule has 148 valence electrons. The van der Waals surface area contributed by atoms with Crippen molar-refractivity contribution in [3.8, 4) is 11.1 Å². The first kappa shape index (κ1) is 19.5. The maximum absolute atomic E-state index is 12.6. The summed E-state index contributed by atoms with van der Waals surface area (Å²) in [5.41, 5.74) is 4.59. The molecule has 1 aliphatic heterocycles. The molecule has 3 aromatic carbocycles. The zero-order valence-electron chi connectivity index (χ0n) is 16.3. The topological polar surface area (TPSA) is 41.6 Å². The molecule has 1 aliphatic rings. The zero-order chi connectivity index (χ0) is 20.2. The van der Waals surface area contributed by atoms with E-state index in [0.717, 1.165) is 42.0 Å². The van der Waals surface area contributed by atoms with Crippen molar-refractivity contribution in [3.63, 3.8) is 0 Å². The Balaban J connectivity index is 1.40. The number of methoxy groups -OCH3 is 1. The third kappa shape index (κ3) is 4.61. The fourth-order valence-electron chi connectivity index (χ4n) is 3.60. The van der Waals surface area contributed by atoms with Gasteiger partial charge in [-0.2, -0.15) is 0 Å². The van der Waals surface area contributed by atoms with Gasteiger partial charge in [0.05, 0.1) is 6.10 Å². The highest BCUT2D eigenvalue weighted by molar-refractivity contribution is 6.30. The van der Waals surface area contributed by atoms with E-state index < -0.39 is 0 Å². The number of carbonyl (C=O) groups is 1. The lowest BCUT2D eigenvalue weighted by atomic mass is 10.0. The molecule has 0 spiro atoms. The first-order valence-electron chi connectivity index (χ1n) is 9.67. The third-order valence-electron chi connectivity index (χ3n) is 5.27. The molecule has 1 atom stereocenters. The lowest BCUT2D eigenvalue weighted by Gasteiger charge is -2.18. The van der Waals surface area contributed by atoms with Crippen LogP contribution in [0.5, 0.6) is 0 Å². The average Bonchev–Trinajstić information content (AvgIpc) is 3.24. The smallest absolute Gasteiger partial charge is 0.255 e. The number of anilines is 2. The molecule has 0 saturated carbocycles. The molecule has 0 bridgehead atoms. The number of benzene rings is 3. The molecule has 1 saturated heterocycles. The molecule has 1 amide bonds. The van der Waals surface area contributed by atoms with E-state index in [-0.39, 0.29) is 5.91 Å². The van der Waals surface area contributed by atoms with Crippen LogP contribution in [0.1, 0.15) is 16.8 Å². The van der Waals surface area contributed by atoms with E-state index >= 15 is 0 Å². The van der Waals surface area contributed by atoms with Gasteiger partial charge in [0, 0.05) is 42.2 Å². The summed E-state index contributed by atoms with van der Waals surface area (Å²) in [6.45, 7) is 1.89. The van der Waals surface area contributed by atoms with Crippen molar-refractivity contribution in [1.82, 2.24) is 0 Å². The highest BCUT2D eigenvalue weighted by atomic mass is 35.5. The lowest BCUT2D eigenvalue weighted by Crippen LogP contribution is -2.22. The van der Waals surface area contributed by atoms with Gasteiger partial charge >= 0.3 is 0 Å². The Hall–Kier alpha value is -2.82. The van der Waals surface area contributed by atoms with Gasteiger partial charge in [0.2, 0.25) is 0 Å². The van der Waals surface area contributed by atoms with Gasteiger partial charge in [0.25, 0.3) is 5.91 Å². The first-order chi connectivity index (χ1) is 14.1. The molecule has 3 aromatic rings. The van der Waals surface area contributed by atoms with Crippen molar-refractivity contribution in [3.05, 3.63) is 83.4 Å². The van der Waals surface area contributed by atoms with Crippen molar-refractivity contribution in [2.75, 3.05) is 30.4 Å². The van der Waals surface area contributed by atoms with Gasteiger partial charge in [-0.05, 0) is 66.1 Å². The Morgan fingerprint density at radius 1 is 1.03 bits per heavy atom. The summed E-state index contributed by atoms with van der Waals surface area (Å²) >= 11 is 6.06. The summed E-state index contributed by atoms with van der Waals surface area (Å²) in [5, 5.41) is 3.65. The Labute approximate surface area is 176 Å². The number of hydrogen-bond acceptors (Lipinski definition) is 3. The lowest BCUT2D eigenvalue weighted by molar-refractivity contribution is 0.102. The predicted octanol–water partition coefficient (Wildman–Crippen LogP) is 5.48. The number of hydrogen-bond donors (Lipinski definition) is 1. The maximum atomic E-state index is 12.6. The molecule has 1 N–H and O–H groups in total. The van der Waals surface area contributed by atoms with E-state index in [9.17, 15) is 4.79 Å². The highest BCUT2D eigenvalue weighted by Crippen LogP contribution is 2.25. The fourth-order valence-corrected chi connectivity index (χ4v) is 3.79. The number of nitrogens with zero attached hydrogens (tertiary/aromatic N) is 1. The summed E-state index contributed by atoms with van der Waals surface area (Å²) in [5.74, 6) is -0.129. The fraction of sp³-hybridized carbons (Fsp3) is 0.208. The summed E-state index contributed by atoms with van der Waals surface area (Å²) in [6.07, 6.45) is 1.34. The number of rotatable bonds is 5. The van der Waals surface area contributed by atoms with E-state index in [1.165, 1.54) is 0 Å². The third-order valence-corrected chi connectivity index (χ3v) is 5.51. The van der Waals surface area contributed by atoms with Gasteiger partial charge in [0.1, 0.15) is 0 Å². The van der Waals surface area contributed by atoms with E-state index in [1.54, 1.807) is 7.11 Å². The average molecular weight is 407 g/mol. The van der Waals surface area contributed by atoms with Crippen molar-refractivity contribution < 1.29 is 9.53 Å². The molecule has 4 rings (SSSR count). The molecule has 0 aliphatic carbocycles. The van der Waals surface area contributed by atoms with Crippen LogP contribution in [0.3, 0.4) is 0 Å². The van der Waals surface area contributed by atoms with Gasteiger partial charge in [-0.1, -0.05) is 35.9 Å². The van der Waals surface area contributed by atoms with Crippen LogP contribution in [0.4, 0.5) is 11.4 Å². The quantitative estimate of drug-likeness (QED) is 0.609. The normalized spacial score (nSPS) is 16.1. The van der Waals surface area contributed by atoms with Crippen LogP contribution in [-0.2, 0) is 4.74 Å². The summed E-state index contributed by atoms with van der Waals surface area (Å²) in [6, 6.07) is 23.1. The Kier molecular flexibility index (Phi) is 5.84. The number of ether oxygens (including phenoxy) is 1. The Morgan fingerprint density at radius 3 is 2.45 bits per heavy atom. The monoisotopic (exact) mass is 406 g/mol. The highest BCUT2D eigenvalue weighted by Gasteiger charge is 2.22. The van der Waals surface area contributed by atoms with Crippen molar-refractivity contribution >= 4 is 28.9 Å². The Bertz CT molecular complexity index is 987. The molecule has 0 aromatic heterocycles. The van der Waals surface area contributed by atoms with Gasteiger partial charge in [-0.3, -0.25) is 4.79 Å². The van der Waals surface area contributed by atoms with E-state index in [1.807, 2.05) is 72.8 Å². The molecule has 1 fully saturated rings. The second-order valence-corrected chi connectivity index (χ2v) is 7.62. The van der Waals surface area contributed by atoms with Crippen molar-refractivity contribution in [2.24, 2.45) is 0 Å². The Morgan fingerprint density at radius 2 is 1.79 bits per heavy atom. The number of nitrogens with one attached hydrogen (secondary N) is 1. The largest absolute Gasteiger partial charge is 0.380 e. The van der Waals surface area contributed by atoms with Crippen LogP contribution < -0.4 is 10.2 Å². The molecular weight excluding hydrogens is 384 g/mol. The van der Waals surface area contributed by atoms with Gasteiger partial charge in [-0.25, -0.2) is 0 Å².